The molecule has 1 aromatic rings. The van der Waals surface area contributed by atoms with E-state index in [2.05, 4.69) is 0 Å². The number of hydrogen-bond donors (Lipinski definition) is 0. The van der Waals surface area contributed by atoms with E-state index in [9.17, 15) is 9.59 Å². The van der Waals surface area contributed by atoms with E-state index in [-0.39, 0.29) is 23.1 Å². The molecule has 0 saturated heterocycles. The summed E-state index contributed by atoms with van der Waals surface area (Å²) < 4.78 is 10.2. The lowest BCUT2D eigenvalue weighted by Crippen LogP contribution is -2.17. The third kappa shape index (κ3) is 4.73. The number of ether oxygens (including phenoxy) is 2. The second kappa shape index (κ2) is 6.92. The molecule has 19 heavy (non-hydrogen) atoms. The minimum Gasteiger partial charge on any atom is -0.462 e. The van der Waals surface area contributed by atoms with Crippen LogP contribution in [-0.2, 0) is 9.47 Å². The maximum atomic E-state index is 11.9. The van der Waals surface area contributed by atoms with Crippen LogP contribution in [-0.4, -0.2) is 24.6 Å². The van der Waals surface area contributed by atoms with E-state index in [4.69, 9.17) is 9.47 Å². The zero-order valence-corrected chi connectivity index (χ0v) is 11.8. The van der Waals surface area contributed by atoms with E-state index in [1.54, 1.807) is 38.1 Å². The monoisotopic (exact) mass is 264 g/mol. The number of carbonyl (C=O) groups is 2. The maximum absolute atomic E-state index is 11.9. The van der Waals surface area contributed by atoms with Gasteiger partial charge in [-0.3, -0.25) is 0 Å². The second-order valence-corrected chi connectivity index (χ2v) is 4.99. The topological polar surface area (TPSA) is 52.6 Å². The highest BCUT2D eigenvalue weighted by atomic mass is 16.5. The normalized spacial score (nSPS) is 10.6. The van der Waals surface area contributed by atoms with Crippen molar-refractivity contribution in [2.45, 2.75) is 33.8 Å². The third-order valence-corrected chi connectivity index (χ3v) is 2.26. The number of hydrogen-bond acceptors (Lipinski definition) is 4. The average Bonchev–Trinajstić information content (AvgIpc) is 2.35. The maximum Gasteiger partial charge on any atom is 0.339 e. The van der Waals surface area contributed by atoms with Crippen LogP contribution >= 0.6 is 0 Å². The Balaban J connectivity index is 2.89. The molecule has 0 amide bonds. The van der Waals surface area contributed by atoms with Gasteiger partial charge in [-0.2, -0.15) is 0 Å². The highest BCUT2D eigenvalue weighted by Crippen LogP contribution is 2.13. The molecular formula is C15H20O4. The molecule has 4 nitrogen and oxygen atoms in total. The van der Waals surface area contributed by atoms with Crippen LogP contribution < -0.4 is 0 Å². The van der Waals surface area contributed by atoms with Crippen molar-refractivity contribution in [1.82, 2.24) is 0 Å². The van der Waals surface area contributed by atoms with Crippen molar-refractivity contribution in [1.29, 1.82) is 0 Å². The van der Waals surface area contributed by atoms with Gasteiger partial charge in [0.15, 0.2) is 0 Å². The Morgan fingerprint density at radius 3 is 2.00 bits per heavy atom. The van der Waals surface area contributed by atoms with Gasteiger partial charge in [-0.05, 0) is 31.9 Å². The van der Waals surface area contributed by atoms with E-state index < -0.39 is 11.9 Å². The molecule has 0 bridgehead atoms. The van der Waals surface area contributed by atoms with E-state index in [1.165, 1.54) is 0 Å². The molecule has 0 N–H and O–H groups in total. The molecule has 1 rings (SSSR count). The lowest BCUT2D eigenvalue weighted by atomic mass is 10.1. The smallest absolute Gasteiger partial charge is 0.339 e. The first-order valence-electron chi connectivity index (χ1n) is 6.39. The zero-order valence-electron chi connectivity index (χ0n) is 11.8. The SMILES string of the molecule is CC(C)COC(=O)c1ccccc1C(=O)OC(C)C. The Hall–Kier alpha value is -1.84. The Morgan fingerprint density at radius 1 is 1.00 bits per heavy atom. The lowest BCUT2D eigenvalue weighted by Gasteiger charge is -2.12. The lowest BCUT2D eigenvalue weighted by molar-refractivity contribution is 0.0355. The molecule has 0 aromatic heterocycles. The molecule has 0 atom stereocenters. The van der Waals surface area contributed by atoms with Crippen LogP contribution in [0.1, 0.15) is 48.4 Å². The van der Waals surface area contributed by atoms with Crippen LogP contribution in [0, 0.1) is 5.92 Å². The average molecular weight is 264 g/mol. The fourth-order valence-electron chi connectivity index (χ4n) is 1.44. The van der Waals surface area contributed by atoms with Gasteiger partial charge in [-0.25, -0.2) is 9.59 Å². The zero-order chi connectivity index (χ0) is 14.4. The van der Waals surface area contributed by atoms with Gasteiger partial charge >= 0.3 is 11.9 Å². The molecular weight excluding hydrogens is 244 g/mol. The van der Waals surface area contributed by atoms with Crippen molar-refractivity contribution >= 4 is 11.9 Å². The first-order valence-corrected chi connectivity index (χ1v) is 6.39. The summed E-state index contributed by atoms with van der Waals surface area (Å²) >= 11 is 0. The molecule has 1 aromatic carbocycles. The Kier molecular flexibility index (Phi) is 5.55. The fraction of sp³-hybridized carbons (Fsp3) is 0.467. The van der Waals surface area contributed by atoms with Crippen LogP contribution in [0.2, 0.25) is 0 Å². The number of carbonyl (C=O) groups excluding carboxylic acids is 2. The molecule has 0 aliphatic heterocycles. The minimum absolute atomic E-state index is 0.229. The summed E-state index contributed by atoms with van der Waals surface area (Å²) in [6.07, 6.45) is -0.229. The predicted molar refractivity (Wildman–Crippen MR) is 72.1 cm³/mol. The highest BCUT2D eigenvalue weighted by Gasteiger charge is 2.19. The van der Waals surface area contributed by atoms with Gasteiger partial charge in [0.1, 0.15) is 0 Å². The Bertz CT molecular complexity index is 449. The van der Waals surface area contributed by atoms with E-state index in [0.29, 0.717) is 6.61 Å². The van der Waals surface area contributed by atoms with Crippen molar-refractivity contribution in [2.24, 2.45) is 5.92 Å². The summed E-state index contributed by atoms with van der Waals surface area (Å²) in [6.45, 7) is 7.75. The van der Waals surface area contributed by atoms with Crippen LogP contribution in [0.3, 0.4) is 0 Å². The predicted octanol–water partition coefficient (Wildman–Crippen LogP) is 3.06. The van der Waals surface area contributed by atoms with Crippen molar-refractivity contribution in [3.63, 3.8) is 0 Å². The van der Waals surface area contributed by atoms with Crippen molar-refractivity contribution in [2.75, 3.05) is 6.61 Å². The number of benzene rings is 1. The molecule has 0 aliphatic carbocycles. The van der Waals surface area contributed by atoms with Gasteiger partial charge in [-0.15, -0.1) is 0 Å². The van der Waals surface area contributed by atoms with Gasteiger partial charge in [0.05, 0.1) is 23.8 Å². The standard InChI is InChI=1S/C15H20O4/c1-10(2)9-18-14(16)12-7-5-6-8-13(12)15(17)19-11(3)4/h5-8,10-11H,9H2,1-4H3. The van der Waals surface area contributed by atoms with E-state index in [1.807, 2.05) is 13.8 Å². The first-order chi connectivity index (χ1) is 8.91. The molecule has 4 heteroatoms. The Morgan fingerprint density at radius 2 is 1.53 bits per heavy atom. The van der Waals surface area contributed by atoms with Gasteiger partial charge in [0.25, 0.3) is 0 Å². The fourth-order valence-corrected chi connectivity index (χ4v) is 1.44. The summed E-state index contributed by atoms with van der Waals surface area (Å²) in [5.74, 6) is -0.754. The quantitative estimate of drug-likeness (QED) is 0.767. The highest BCUT2D eigenvalue weighted by molar-refractivity contribution is 6.03. The number of rotatable bonds is 5. The molecule has 0 fully saturated rings. The summed E-state index contributed by atoms with van der Waals surface area (Å²) in [4.78, 5) is 23.8. The summed E-state index contributed by atoms with van der Waals surface area (Å²) in [6, 6.07) is 6.52. The van der Waals surface area contributed by atoms with Crippen LogP contribution in [0.15, 0.2) is 24.3 Å². The molecule has 0 aliphatic rings. The molecule has 104 valence electrons. The van der Waals surface area contributed by atoms with E-state index in [0.717, 1.165) is 0 Å². The van der Waals surface area contributed by atoms with Crippen molar-refractivity contribution < 1.29 is 19.1 Å². The van der Waals surface area contributed by atoms with Crippen molar-refractivity contribution in [3.8, 4) is 0 Å². The van der Waals surface area contributed by atoms with Gasteiger partial charge < -0.3 is 9.47 Å². The molecule has 0 radical (unpaired) electrons. The second-order valence-electron chi connectivity index (χ2n) is 4.99. The summed E-state index contributed by atoms with van der Waals surface area (Å²) in [7, 11) is 0. The van der Waals surface area contributed by atoms with Gasteiger partial charge in [0.2, 0.25) is 0 Å². The Labute approximate surface area is 113 Å². The molecule has 0 spiro atoms. The molecule has 0 saturated carbocycles. The minimum atomic E-state index is -0.507. The summed E-state index contributed by atoms with van der Waals surface area (Å²) in [5, 5.41) is 0. The largest absolute Gasteiger partial charge is 0.462 e. The summed E-state index contributed by atoms with van der Waals surface area (Å²) in [5.41, 5.74) is 0.485. The van der Waals surface area contributed by atoms with Crippen LogP contribution in [0.4, 0.5) is 0 Å². The van der Waals surface area contributed by atoms with Crippen molar-refractivity contribution in [3.05, 3.63) is 35.4 Å². The number of esters is 2. The van der Waals surface area contributed by atoms with Crippen LogP contribution in [0.5, 0.6) is 0 Å². The third-order valence-electron chi connectivity index (χ3n) is 2.26. The van der Waals surface area contributed by atoms with Gasteiger partial charge in [0, 0.05) is 0 Å². The molecule has 0 heterocycles. The van der Waals surface area contributed by atoms with Crippen LogP contribution in [0.25, 0.3) is 0 Å². The van der Waals surface area contributed by atoms with E-state index >= 15 is 0 Å². The first kappa shape index (κ1) is 15.2. The molecule has 0 unspecified atom stereocenters. The van der Waals surface area contributed by atoms with Gasteiger partial charge in [-0.1, -0.05) is 26.0 Å².